The molecule has 3 rings (SSSR count). The molecule has 0 bridgehead atoms. The summed E-state index contributed by atoms with van der Waals surface area (Å²) in [6.07, 6.45) is 4.15. The van der Waals surface area contributed by atoms with Crippen LogP contribution in [-0.2, 0) is 23.4 Å². The van der Waals surface area contributed by atoms with Crippen molar-refractivity contribution in [3.63, 3.8) is 0 Å². The first-order chi connectivity index (χ1) is 11.1. The Morgan fingerprint density at radius 3 is 2.65 bits per heavy atom. The highest BCUT2D eigenvalue weighted by Gasteiger charge is 2.27. The van der Waals surface area contributed by atoms with Crippen molar-refractivity contribution in [1.82, 2.24) is 14.0 Å². The van der Waals surface area contributed by atoms with Gasteiger partial charge in [-0.05, 0) is 18.1 Å². The van der Waals surface area contributed by atoms with Gasteiger partial charge in [0.25, 0.3) is 10.2 Å². The van der Waals surface area contributed by atoms with E-state index in [4.69, 9.17) is 4.74 Å². The molecular formula is C16H19N3O3S. The molecule has 1 aliphatic rings. The maximum Gasteiger partial charge on any atom is 0.279 e. The van der Waals surface area contributed by atoms with Crippen molar-refractivity contribution in [2.24, 2.45) is 0 Å². The van der Waals surface area contributed by atoms with E-state index < -0.39 is 10.2 Å². The fraction of sp³-hybridized carbons (Fsp3) is 0.312. The maximum absolute atomic E-state index is 12.0. The molecule has 0 aliphatic carbocycles. The van der Waals surface area contributed by atoms with Gasteiger partial charge >= 0.3 is 0 Å². The van der Waals surface area contributed by atoms with E-state index in [1.165, 1.54) is 4.31 Å². The molecule has 0 unspecified atom stereocenters. The molecule has 1 N–H and O–H groups in total. The number of hydrogen-bond acceptors (Lipinski definition) is 4. The highest BCUT2D eigenvalue weighted by molar-refractivity contribution is 7.87. The summed E-state index contributed by atoms with van der Waals surface area (Å²) >= 11 is 0. The van der Waals surface area contributed by atoms with Crippen LogP contribution in [-0.4, -0.2) is 30.8 Å². The van der Waals surface area contributed by atoms with Gasteiger partial charge in [-0.1, -0.05) is 30.3 Å². The van der Waals surface area contributed by atoms with Crippen LogP contribution in [0, 0.1) is 0 Å². The third-order valence-corrected chi connectivity index (χ3v) is 5.26. The molecule has 0 saturated carbocycles. The minimum atomic E-state index is -3.40. The standard InChI is InChI=1S/C16H19N3O3S/c20-23(21,19-9-4-10-19)18-11-15-7-8-17-12-16(15)22-13-14-5-2-1-3-6-14/h1-3,5-8,12,18H,4,9-11,13H2. The van der Waals surface area contributed by atoms with Crippen LogP contribution in [0.25, 0.3) is 0 Å². The van der Waals surface area contributed by atoms with Crippen LogP contribution >= 0.6 is 0 Å². The van der Waals surface area contributed by atoms with Crippen molar-refractivity contribution >= 4 is 10.2 Å². The largest absolute Gasteiger partial charge is 0.487 e. The Labute approximate surface area is 136 Å². The van der Waals surface area contributed by atoms with Crippen LogP contribution in [0.2, 0.25) is 0 Å². The Kier molecular flexibility index (Phi) is 4.90. The van der Waals surface area contributed by atoms with E-state index in [2.05, 4.69) is 9.71 Å². The highest BCUT2D eigenvalue weighted by Crippen LogP contribution is 2.19. The van der Waals surface area contributed by atoms with Crippen molar-refractivity contribution in [2.45, 2.75) is 19.6 Å². The summed E-state index contributed by atoms with van der Waals surface area (Å²) in [6, 6.07) is 11.6. The Balaban J connectivity index is 1.63. The average Bonchev–Trinajstić information content (AvgIpc) is 2.51. The average molecular weight is 333 g/mol. The van der Waals surface area contributed by atoms with Gasteiger partial charge in [-0.2, -0.15) is 17.4 Å². The molecule has 1 fully saturated rings. The molecule has 2 aromatic rings. The minimum Gasteiger partial charge on any atom is -0.487 e. The molecule has 0 radical (unpaired) electrons. The molecule has 1 saturated heterocycles. The zero-order chi connectivity index (χ0) is 16.1. The van der Waals surface area contributed by atoms with Gasteiger partial charge in [-0.25, -0.2) is 0 Å². The van der Waals surface area contributed by atoms with Gasteiger partial charge in [-0.3, -0.25) is 4.98 Å². The lowest BCUT2D eigenvalue weighted by atomic mass is 10.2. The summed E-state index contributed by atoms with van der Waals surface area (Å²) in [6.45, 7) is 1.77. The third kappa shape index (κ3) is 4.07. The molecule has 23 heavy (non-hydrogen) atoms. The van der Waals surface area contributed by atoms with E-state index >= 15 is 0 Å². The topological polar surface area (TPSA) is 71.5 Å². The van der Waals surface area contributed by atoms with Crippen molar-refractivity contribution in [3.8, 4) is 5.75 Å². The Bertz CT molecular complexity index is 746. The van der Waals surface area contributed by atoms with E-state index in [1.807, 2.05) is 30.3 Å². The molecule has 122 valence electrons. The van der Waals surface area contributed by atoms with Gasteiger partial charge in [0.15, 0.2) is 0 Å². The predicted molar refractivity (Wildman–Crippen MR) is 87.0 cm³/mol. The molecule has 7 heteroatoms. The van der Waals surface area contributed by atoms with Crippen LogP contribution < -0.4 is 9.46 Å². The van der Waals surface area contributed by atoms with Crippen LogP contribution in [0.1, 0.15) is 17.5 Å². The number of nitrogens with one attached hydrogen (secondary N) is 1. The molecule has 1 aliphatic heterocycles. The zero-order valence-electron chi connectivity index (χ0n) is 12.7. The van der Waals surface area contributed by atoms with Gasteiger partial charge in [-0.15, -0.1) is 0 Å². The second-order valence-electron chi connectivity index (χ2n) is 5.34. The summed E-state index contributed by atoms with van der Waals surface area (Å²) in [5.41, 5.74) is 1.81. The predicted octanol–water partition coefficient (Wildman–Crippen LogP) is 1.70. The van der Waals surface area contributed by atoms with Crippen molar-refractivity contribution in [3.05, 3.63) is 59.9 Å². The first kappa shape index (κ1) is 15.9. The summed E-state index contributed by atoms with van der Waals surface area (Å²) in [7, 11) is -3.40. The second-order valence-corrected chi connectivity index (χ2v) is 7.09. The van der Waals surface area contributed by atoms with Gasteiger partial charge in [0.2, 0.25) is 0 Å². The molecule has 0 amide bonds. The number of ether oxygens (including phenoxy) is 1. The summed E-state index contributed by atoms with van der Waals surface area (Å²) in [4.78, 5) is 4.05. The number of aromatic nitrogens is 1. The molecule has 1 aromatic carbocycles. The number of rotatable bonds is 7. The second kappa shape index (κ2) is 7.08. The van der Waals surface area contributed by atoms with E-state index in [0.717, 1.165) is 17.5 Å². The van der Waals surface area contributed by atoms with Crippen molar-refractivity contribution < 1.29 is 13.2 Å². The minimum absolute atomic E-state index is 0.186. The zero-order valence-corrected chi connectivity index (χ0v) is 13.5. The van der Waals surface area contributed by atoms with E-state index in [1.54, 1.807) is 18.5 Å². The molecule has 6 nitrogen and oxygen atoms in total. The smallest absolute Gasteiger partial charge is 0.279 e. The quantitative estimate of drug-likeness (QED) is 0.837. The molecule has 2 heterocycles. The first-order valence-corrected chi connectivity index (χ1v) is 8.93. The van der Waals surface area contributed by atoms with Crippen LogP contribution in [0.5, 0.6) is 5.75 Å². The van der Waals surface area contributed by atoms with Crippen molar-refractivity contribution in [1.29, 1.82) is 0 Å². The number of benzene rings is 1. The fourth-order valence-electron chi connectivity index (χ4n) is 2.21. The van der Waals surface area contributed by atoms with Crippen LogP contribution in [0.3, 0.4) is 0 Å². The fourth-order valence-corrected chi connectivity index (χ4v) is 3.47. The lowest BCUT2D eigenvalue weighted by Crippen LogP contribution is -2.47. The number of hydrogen-bond donors (Lipinski definition) is 1. The molecule has 0 atom stereocenters. The normalized spacial score (nSPS) is 15.1. The third-order valence-electron chi connectivity index (χ3n) is 3.71. The van der Waals surface area contributed by atoms with Crippen molar-refractivity contribution in [2.75, 3.05) is 13.1 Å². The highest BCUT2D eigenvalue weighted by atomic mass is 32.2. The van der Waals surface area contributed by atoms with Gasteiger partial charge in [0.1, 0.15) is 12.4 Å². The van der Waals surface area contributed by atoms with Crippen LogP contribution in [0.15, 0.2) is 48.8 Å². The number of nitrogens with zero attached hydrogens (tertiary/aromatic N) is 2. The Morgan fingerprint density at radius 1 is 1.17 bits per heavy atom. The Hall–Kier alpha value is -1.96. The number of pyridine rings is 1. The lowest BCUT2D eigenvalue weighted by Gasteiger charge is -2.29. The molecule has 0 spiro atoms. The van der Waals surface area contributed by atoms with E-state index in [0.29, 0.717) is 25.4 Å². The molecule has 1 aromatic heterocycles. The van der Waals surface area contributed by atoms with Gasteiger partial charge < -0.3 is 4.74 Å². The maximum atomic E-state index is 12.0. The van der Waals surface area contributed by atoms with Crippen LogP contribution in [0.4, 0.5) is 0 Å². The Morgan fingerprint density at radius 2 is 1.96 bits per heavy atom. The SMILES string of the molecule is O=S(=O)(NCc1ccncc1OCc1ccccc1)N1CCC1. The lowest BCUT2D eigenvalue weighted by molar-refractivity contribution is 0.298. The van der Waals surface area contributed by atoms with E-state index in [9.17, 15) is 8.42 Å². The summed E-state index contributed by atoms with van der Waals surface area (Å²) in [5, 5.41) is 0. The summed E-state index contributed by atoms with van der Waals surface area (Å²) < 4.78 is 33.9. The monoisotopic (exact) mass is 333 g/mol. The van der Waals surface area contributed by atoms with E-state index in [-0.39, 0.29) is 6.54 Å². The molecular weight excluding hydrogens is 314 g/mol. The first-order valence-electron chi connectivity index (χ1n) is 7.49. The van der Waals surface area contributed by atoms with Gasteiger partial charge in [0.05, 0.1) is 6.20 Å². The van der Waals surface area contributed by atoms with Gasteiger partial charge in [0, 0.05) is 31.4 Å². The summed E-state index contributed by atoms with van der Waals surface area (Å²) in [5.74, 6) is 0.586.